The van der Waals surface area contributed by atoms with Crippen LogP contribution in [0.1, 0.15) is 36.0 Å². The van der Waals surface area contributed by atoms with Crippen LogP contribution in [0, 0.1) is 18.7 Å². The molecule has 1 aliphatic heterocycles. The first-order chi connectivity index (χ1) is 12.5. The molecule has 0 bridgehead atoms. The zero-order chi connectivity index (χ0) is 18.7. The van der Waals surface area contributed by atoms with Crippen LogP contribution < -0.4 is 0 Å². The number of hydrogen-bond donors (Lipinski definition) is 0. The van der Waals surface area contributed by atoms with Crippen molar-refractivity contribution in [1.82, 2.24) is 4.90 Å². The van der Waals surface area contributed by atoms with Crippen molar-refractivity contribution in [2.45, 2.75) is 32.6 Å². The molecule has 0 aromatic heterocycles. The molecule has 0 unspecified atom stereocenters. The highest BCUT2D eigenvalue weighted by atomic mass is 19.1. The summed E-state index contributed by atoms with van der Waals surface area (Å²) in [7, 11) is 0. The molecule has 2 aromatic carbocycles. The van der Waals surface area contributed by atoms with Gasteiger partial charge >= 0.3 is 0 Å². The van der Waals surface area contributed by atoms with Crippen LogP contribution >= 0.6 is 0 Å². The summed E-state index contributed by atoms with van der Waals surface area (Å²) in [6.07, 6.45) is 0.460. The summed E-state index contributed by atoms with van der Waals surface area (Å²) in [4.78, 5) is 27.1. The number of carbonyl (C=O) groups excluding carboxylic acids is 2. The number of hydrogen-bond acceptors (Lipinski definition) is 2. The third-order valence-corrected chi connectivity index (χ3v) is 5.18. The first kappa shape index (κ1) is 18.3. The van der Waals surface area contributed by atoms with Gasteiger partial charge in [-0.1, -0.05) is 42.0 Å². The van der Waals surface area contributed by atoms with Gasteiger partial charge in [-0.2, -0.15) is 0 Å². The molecule has 136 valence electrons. The largest absolute Gasteiger partial charge is 0.342 e. The predicted octanol–water partition coefficient (Wildman–Crippen LogP) is 3.90. The first-order valence-corrected chi connectivity index (χ1v) is 9.09. The summed E-state index contributed by atoms with van der Waals surface area (Å²) in [6.45, 7) is 5.31. The fraction of sp³-hybridized carbons (Fsp3) is 0.364. The van der Waals surface area contributed by atoms with Gasteiger partial charge in [0.2, 0.25) is 5.91 Å². The van der Waals surface area contributed by atoms with Gasteiger partial charge in [-0.15, -0.1) is 0 Å². The van der Waals surface area contributed by atoms with Gasteiger partial charge in [0.1, 0.15) is 11.6 Å². The van der Waals surface area contributed by atoms with Crippen molar-refractivity contribution in [2.75, 3.05) is 13.1 Å². The van der Waals surface area contributed by atoms with E-state index in [0.717, 1.165) is 11.1 Å². The van der Waals surface area contributed by atoms with E-state index < -0.39 is 0 Å². The van der Waals surface area contributed by atoms with E-state index in [1.165, 1.54) is 17.7 Å². The van der Waals surface area contributed by atoms with E-state index in [2.05, 4.69) is 12.1 Å². The molecule has 2 aromatic rings. The van der Waals surface area contributed by atoms with Crippen molar-refractivity contribution in [3.63, 3.8) is 0 Å². The Balaban J connectivity index is 1.75. The number of carbonyl (C=O) groups is 2. The molecule has 1 saturated heterocycles. The number of ketones is 1. The van der Waals surface area contributed by atoms with E-state index in [4.69, 9.17) is 0 Å². The number of amides is 1. The second-order valence-electron chi connectivity index (χ2n) is 7.05. The zero-order valence-electron chi connectivity index (χ0n) is 15.2. The van der Waals surface area contributed by atoms with Gasteiger partial charge in [0.25, 0.3) is 0 Å². The van der Waals surface area contributed by atoms with E-state index in [0.29, 0.717) is 13.1 Å². The second kappa shape index (κ2) is 7.81. The van der Waals surface area contributed by atoms with E-state index in [-0.39, 0.29) is 42.2 Å². The molecule has 1 heterocycles. The molecule has 0 spiro atoms. The van der Waals surface area contributed by atoms with E-state index in [9.17, 15) is 14.0 Å². The van der Waals surface area contributed by atoms with Crippen molar-refractivity contribution < 1.29 is 14.0 Å². The fourth-order valence-corrected chi connectivity index (χ4v) is 3.67. The molecule has 1 amide bonds. The highest BCUT2D eigenvalue weighted by molar-refractivity contribution is 5.90. The Hall–Kier alpha value is -2.49. The molecule has 2 atom stereocenters. The van der Waals surface area contributed by atoms with Crippen LogP contribution in [0.3, 0.4) is 0 Å². The van der Waals surface area contributed by atoms with Crippen LogP contribution in [0.4, 0.5) is 4.39 Å². The normalized spacial score (nSPS) is 19.8. The van der Waals surface area contributed by atoms with Gasteiger partial charge in [0.15, 0.2) is 0 Å². The Labute approximate surface area is 153 Å². The summed E-state index contributed by atoms with van der Waals surface area (Å²) < 4.78 is 13.0. The lowest BCUT2D eigenvalue weighted by atomic mass is 9.84. The lowest BCUT2D eigenvalue weighted by Gasteiger charge is -2.17. The number of nitrogens with zero attached hydrogens (tertiary/aromatic N) is 1. The van der Waals surface area contributed by atoms with Crippen LogP contribution in [-0.4, -0.2) is 29.7 Å². The minimum atomic E-state index is -0.315. The molecule has 3 rings (SSSR count). The molecule has 0 radical (unpaired) electrons. The number of halogens is 1. The molecular formula is C22H24FNO2. The molecule has 1 fully saturated rings. The van der Waals surface area contributed by atoms with Crippen molar-refractivity contribution in [1.29, 1.82) is 0 Å². The summed E-state index contributed by atoms with van der Waals surface area (Å²) in [5.74, 6) is -0.508. The number of benzene rings is 2. The zero-order valence-corrected chi connectivity index (χ0v) is 15.2. The maximum atomic E-state index is 13.0. The highest BCUT2D eigenvalue weighted by Gasteiger charge is 2.41. The standard InChI is InChI=1S/C22H24FNO2/c1-3-24-14-21(17-8-4-15(2)5-9-17)20(22(24)26)13-19(25)12-16-6-10-18(23)11-7-16/h4-11,20-21H,3,12-14H2,1-2H3/t20-,21-/m0/s1. The Morgan fingerprint density at radius 3 is 2.38 bits per heavy atom. The summed E-state index contributed by atoms with van der Waals surface area (Å²) in [5, 5.41) is 0. The number of Topliss-reactive ketones (excluding diaryl/α,β-unsaturated/α-hetero) is 1. The third-order valence-electron chi connectivity index (χ3n) is 5.18. The fourth-order valence-electron chi connectivity index (χ4n) is 3.67. The van der Waals surface area contributed by atoms with Crippen molar-refractivity contribution in [2.24, 2.45) is 5.92 Å². The van der Waals surface area contributed by atoms with Crippen LogP contribution in [0.25, 0.3) is 0 Å². The molecule has 0 saturated carbocycles. The monoisotopic (exact) mass is 353 g/mol. The van der Waals surface area contributed by atoms with Gasteiger partial charge in [0, 0.05) is 31.8 Å². The highest BCUT2D eigenvalue weighted by Crippen LogP contribution is 2.36. The van der Waals surface area contributed by atoms with Gasteiger partial charge in [-0.25, -0.2) is 4.39 Å². The Bertz CT molecular complexity index is 783. The van der Waals surface area contributed by atoms with Crippen molar-refractivity contribution in [3.8, 4) is 0 Å². The van der Waals surface area contributed by atoms with Crippen molar-refractivity contribution in [3.05, 3.63) is 71.0 Å². The lowest BCUT2D eigenvalue weighted by molar-refractivity contribution is -0.133. The first-order valence-electron chi connectivity index (χ1n) is 9.09. The smallest absolute Gasteiger partial charge is 0.226 e. The Morgan fingerprint density at radius 1 is 1.12 bits per heavy atom. The van der Waals surface area contributed by atoms with Gasteiger partial charge in [-0.3, -0.25) is 9.59 Å². The number of likely N-dealkylation sites (N-methyl/N-ethyl adjacent to an activating group) is 1. The lowest BCUT2D eigenvalue weighted by Crippen LogP contribution is -2.28. The molecular weight excluding hydrogens is 329 g/mol. The maximum Gasteiger partial charge on any atom is 0.226 e. The quantitative estimate of drug-likeness (QED) is 0.790. The second-order valence-corrected chi connectivity index (χ2v) is 7.05. The van der Waals surface area contributed by atoms with Crippen LogP contribution in [0.5, 0.6) is 0 Å². The van der Waals surface area contributed by atoms with Gasteiger partial charge < -0.3 is 4.90 Å². The molecule has 0 aliphatic carbocycles. The molecule has 26 heavy (non-hydrogen) atoms. The topological polar surface area (TPSA) is 37.4 Å². The third kappa shape index (κ3) is 4.01. The number of aryl methyl sites for hydroxylation is 1. The van der Waals surface area contributed by atoms with E-state index in [1.54, 1.807) is 12.1 Å². The minimum Gasteiger partial charge on any atom is -0.342 e. The van der Waals surface area contributed by atoms with E-state index >= 15 is 0 Å². The van der Waals surface area contributed by atoms with Gasteiger partial charge in [0.05, 0.1) is 5.92 Å². The average Bonchev–Trinajstić information content (AvgIpc) is 2.94. The average molecular weight is 353 g/mol. The summed E-state index contributed by atoms with van der Waals surface area (Å²) in [5.41, 5.74) is 3.06. The molecule has 0 N–H and O–H groups in total. The van der Waals surface area contributed by atoms with Crippen molar-refractivity contribution >= 4 is 11.7 Å². The number of likely N-dealkylation sites (tertiary alicyclic amines) is 1. The molecule has 4 heteroatoms. The van der Waals surface area contributed by atoms with Crippen LogP contribution in [-0.2, 0) is 16.0 Å². The van der Waals surface area contributed by atoms with Crippen LogP contribution in [0.15, 0.2) is 48.5 Å². The number of rotatable bonds is 6. The molecule has 3 nitrogen and oxygen atoms in total. The van der Waals surface area contributed by atoms with Crippen LogP contribution in [0.2, 0.25) is 0 Å². The molecule has 1 aliphatic rings. The Kier molecular flexibility index (Phi) is 5.50. The SMILES string of the molecule is CCN1C[C@@H](c2ccc(C)cc2)[C@H](CC(=O)Cc2ccc(F)cc2)C1=O. The Morgan fingerprint density at radius 2 is 1.77 bits per heavy atom. The maximum absolute atomic E-state index is 13.0. The predicted molar refractivity (Wildman–Crippen MR) is 99.4 cm³/mol. The minimum absolute atomic E-state index is 0.0185. The summed E-state index contributed by atoms with van der Waals surface area (Å²) >= 11 is 0. The summed E-state index contributed by atoms with van der Waals surface area (Å²) in [6, 6.07) is 14.2. The van der Waals surface area contributed by atoms with E-state index in [1.807, 2.05) is 30.9 Å². The van der Waals surface area contributed by atoms with Gasteiger partial charge in [-0.05, 0) is 37.1 Å².